The number of nitrogens with one attached hydrogen (secondary N) is 1. The molecular formula is C21H21N5O6. The lowest BCUT2D eigenvalue weighted by Gasteiger charge is -2.34. The fourth-order valence-corrected chi connectivity index (χ4v) is 3.85. The van der Waals surface area contributed by atoms with Crippen molar-refractivity contribution in [3.63, 3.8) is 0 Å². The lowest BCUT2D eigenvalue weighted by atomic mass is 10.1. The molecule has 0 aliphatic carbocycles. The summed E-state index contributed by atoms with van der Waals surface area (Å²) >= 11 is 0. The zero-order valence-electron chi connectivity index (χ0n) is 17.3. The fraction of sp³-hybridized carbons (Fsp3) is 0.286. The Morgan fingerprint density at radius 1 is 1.03 bits per heavy atom. The van der Waals surface area contributed by atoms with E-state index in [2.05, 4.69) is 5.32 Å². The molecule has 11 nitrogen and oxygen atoms in total. The molecule has 0 bridgehead atoms. The van der Waals surface area contributed by atoms with Crippen molar-refractivity contribution >= 4 is 29.6 Å². The Morgan fingerprint density at radius 3 is 2.38 bits per heavy atom. The number of rotatable bonds is 3. The van der Waals surface area contributed by atoms with Crippen LogP contribution < -0.4 is 16.6 Å². The molecular weight excluding hydrogens is 418 g/mol. The van der Waals surface area contributed by atoms with Gasteiger partial charge in [0.1, 0.15) is 5.82 Å². The molecule has 3 N–H and O–H groups in total. The Bertz CT molecular complexity index is 1200. The minimum atomic E-state index is -0.699. The maximum atomic E-state index is 13.3. The molecule has 2 aliphatic heterocycles. The van der Waals surface area contributed by atoms with E-state index in [0.717, 1.165) is 10.6 Å². The third-order valence-corrected chi connectivity index (χ3v) is 5.42. The van der Waals surface area contributed by atoms with E-state index in [-0.39, 0.29) is 53.8 Å². The molecule has 0 atom stereocenters. The van der Waals surface area contributed by atoms with Crippen LogP contribution in [0.2, 0.25) is 0 Å². The molecule has 0 radical (unpaired) electrons. The lowest BCUT2D eigenvalue weighted by Crippen LogP contribution is -2.50. The second-order valence-electron chi connectivity index (χ2n) is 7.27. The highest BCUT2D eigenvalue weighted by molar-refractivity contribution is 6.23. The van der Waals surface area contributed by atoms with E-state index < -0.39 is 23.5 Å². The number of nitrogen functional groups attached to an aromatic ring is 1. The molecule has 1 fully saturated rings. The standard InChI is InChI=1S/C21H21N5O6/c1-2-32-21(31)25-9-7-24(8-10-25)20(30)12-5-3-4-6-14(12)26-15(27)11-13-16(17(26)22)19(29)23-18(13)28/h3-6,11H,2,7-10,22H2,1H3,(H,23,28,29). The number of nitrogens with two attached hydrogens (primary N) is 1. The van der Waals surface area contributed by atoms with E-state index in [1.54, 1.807) is 36.1 Å². The van der Waals surface area contributed by atoms with Crippen molar-refractivity contribution in [3.05, 3.63) is 57.4 Å². The number of hydrogen-bond donors (Lipinski definition) is 2. The minimum Gasteiger partial charge on any atom is -0.450 e. The number of aromatic nitrogens is 1. The molecule has 0 saturated carbocycles. The molecule has 32 heavy (non-hydrogen) atoms. The van der Waals surface area contributed by atoms with Crippen molar-refractivity contribution in [1.82, 2.24) is 19.7 Å². The molecule has 11 heteroatoms. The zero-order valence-corrected chi connectivity index (χ0v) is 17.3. The molecule has 166 valence electrons. The number of ether oxygens (including phenoxy) is 1. The predicted octanol–water partition coefficient (Wildman–Crippen LogP) is 0.218. The highest BCUT2D eigenvalue weighted by Gasteiger charge is 2.33. The monoisotopic (exact) mass is 439 g/mol. The van der Waals surface area contributed by atoms with Crippen LogP contribution >= 0.6 is 0 Å². The zero-order chi connectivity index (χ0) is 23.0. The van der Waals surface area contributed by atoms with E-state index in [4.69, 9.17) is 10.5 Å². The molecule has 1 aromatic carbocycles. The highest BCUT2D eigenvalue weighted by atomic mass is 16.6. The van der Waals surface area contributed by atoms with Crippen LogP contribution in [0.15, 0.2) is 35.1 Å². The van der Waals surface area contributed by atoms with Crippen molar-refractivity contribution in [3.8, 4) is 5.69 Å². The first kappa shape index (κ1) is 21.1. The number of carbonyl (C=O) groups excluding carboxylic acids is 4. The van der Waals surface area contributed by atoms with Crippen LogP contribution in [0.3, 0.4) is 0 Å². The average molecular weight is 439 g/mol. The number of nitrogens with zero attached hydrogens (tertiary/aromatic N) is 3. The second-order valence-corrected chi connectivity index (χ2v) is 7.27. The van der Waals surface area contributed by atoms with Crippen LogP contribution in [0.4, 0.5) is 10.6 Å². The molecule has 2 aromatic rings. The third kappa shape index (κ3) is 3.47. The van der Waals surface area contributed by atoms with E-state index >= 15 is 0 Å². The summed E-state index contributed by atoms with van der Waals surface area (Å²) in [6.45, 7) is 3.20. The van der Waals surface area contributed by atoms with Gasteiger partial charge in [-0.2, -0.15) is 0 Å². The summed E-state index contributed by atoms with van der Waals surface area (Å²) in [5.74, 6) is -1.96. The van der Waals surface area contributed by atoms with Crippen molar-refractivity contribution in [2.24, 2.45) is 0 Å². The summed E-state index contributed by atoms with van der Waals surface area (Å²) in [5.41, 5.74) is 5.69. The van der Waals surface area contributed by atoms with Gasteiger partial charge < -0.3 is 20.3 Å². The molecule has 4 rings (SSSR count). The maximum absolute atomic E-state index is 13.3. The Kier molecular flexibility index (Phi) is 5.39. The van der Waals surface area contributed by atoms with Crippen LogP contribution in [-0.4, -0.2) is 71.0 Å². The van der Waals surface area contributed by atoms with Crippen LogP contribution in [0.1, 0.15) is 38.0 Å². The summed E-state index contributed by atoms with van der Waals surface area (Å²) in [6.07, 6.45) is -0.426. The normalized spacial score (nSPS) is 15.4. The summed E-state index contributed by atoms with van der Waals surface area (Å²) in [7, 11) is 0. The SMILES string of the molecule is CCOC(=O)N1CCN(C(=O)c2ccccc2-n2c(N)c3c(cc2=O)C(=O)NC3=O)CC1. The molecule has 1 aromatic heterocycles. The summed E-state index contributed by atoms with van der Waals surface area (Å²) < 4.78 is 6.05. The molecule has 0 spiro atoms. The highest BCUT2D eigenvalue weighted by Crippen LogP contribution is 2.25. The Balaban J connectivity index is 1.67. The fourth-order valence-electron chi connectivity index (χ4n) is 3.85. The third-order valence-electron chi connectivity index (χ3n) is 5.42. The van der Waals surface area contributed by atoms with Gasteiger partial charge in [-0.05, 0) is 19.1 Å². The van der Waals surface area contributed by atoms with Gasteiger partial charge in [0.15, 0.2) is 0 Å². The van der Waals surface area contributed by atoms with Crippen LogP contribution in [0, 0.1) is 0 Å². The number of imide groups is 1. The first-order valence-electron chi connectivity index (χ1n) is 10.0. The van der Waals surface area contributed by atoms with Gasteiger partial charge >= 0.3 is 6.09 Å². The van der Waals surface area contributed by atoms with Crippen molar-refractivity contribution in [1.29, 1.82) is 0 Å². The van der Waals surface area contributed by atoms with Crippen molar-refractivity contribution in [2.45, 2.75) is 6.92 Å². The number of fused-ring (bicyclic) bond motifs is 1. The van der Waals surface area contributed by atoms with Gasteiger partial charge in [-0.1, -0.05) is 12.1 Å². The maximum Gasteiger partial charge on any atom is 0.409 e. The number of amides is 4. The topological polar surface area (TPSA) is 144 Å². The van der Waals surface area contributed by atoms with Gasteiger partial charge in [0.25, 0.3) is 23.3 Å². The van der Waals surface area contributed by atoms with Crippen molar-refractivity contribution < 1.29 is 23.9 Å². The second kappa shape index (κ2) is 8.17. The van der Waals surface area contributed by atoms with Gasteiger partial charge in [-0.15, -0.1) is 0 Å². The minimum absolute atomic E-state index is 0.0901. The van der Waals surface area contributed by atoms with Gasteiger partial charge in [0.2, 0.25) is 0 Å². The summed E-state index contributed by atoms with van der Waals surface area (Å²) in [5, 5.41) is 2.11. The number of carbonyl (C=O) groups is 4. The number of piperazine rings is 1. The van der Waals surface area contributed by atoms with Gasteiger partial charge in [0.05, 0.1) is 29.0 Å². The average Bonchev–Trinajstić information content (AvgIpc) is 3.07. The van der Waals surface area contributed by atoms with Gasteiger partial charge in [0, 0.05) is 32.2 Å². The van der Waals surface area contributed by atoms with Gasteiger partial charge in [-0.25, -0.2) is 4.79 Å². The summed E-state index contributed by atoms with van der Waals surface area (Å²) in [4.78, 5) is 65.1. The van der Waals surface area contributed by atoms with Gasteiger partial charge in [-0.3, -0.25) is 29.1 Å². The number of para-hydroxylation sites is 1. The number of pyridine rings is 1. The summed E-state index contributed by atoms with van der Waals surface area (Å²) in [6, 6.07) is 7.41. The van der Waals surface area contributed by atoms with Crippen LogP contribution in [0.25, 0.3) is 5.69 Å². The number of anilines is 1. The van der Waals surface area contributed by atoms with E-state index in [1.165, 1.54) is 4.90 Å². The Hall–Kier alpha value is -4.15. The van der Waals surface area contributed by atoms with Crippen molar-refractivity contribution in [2.75, 3.05) is 38.5 Å². The molecule has 3 heterocycles. The molecule has 2 aliphatic rings. The Labute approximate surface area is 182 Å². The lowest BCUT2D eigenvalue weighted by molar-refractivity contribution is 0.0570. The predicted molar refractivity (Wildman–Crippen MR) is 113 cm³/mol. The molecule has 4 amide bonds. The number of benzene rings is 1. The molecule has 1 saturated heterocycles. The smallest absolute Gasteiger partial charge is 0.409 e. The van der Waals surface area contributed by atoms with E-state index in [0.29, 0.717) is 13.1 Å². The van der Waals surface area contributed by atoms with Crippen LogP contribution in [-0.2, 0) is 4.74 Å². The van der Waals surface area contributed by atoms with E-state index in [9.17, 15) is 24.0 Å². The first-order valence-corrected chi connectivity index (χ1v) is 10.0. The largest absolute Gasteiger partial charge is 0.450 e. The molecule has 0 unspecified atom stereocenters. The Morgan fingerprint density at radius 2 is 1.69 bits per heavy atom. The first-order chi connectivity index (χ1) is 15.3. The van der Waals surface area contributed by atoms with E-state index in [1.807, 2.05) is 0 Å². The number of hydrogen-bond acceptors (Lipinski definition) is 7. The van der Waals surface area contributed by atoms with Crippen LogP contribution in [0.5, 0.6) is 0 Å². The quantitative estimate of drug-likeness (QED) is 0.651.